The smallest absolute Gasteiger partial charge is 0.223 e. The zero-order valence-corrected chi connectivity index (χ0v) is 8.62. The standard InChI is InChI=1S/C10H16N2O2/c1-3-14-10-8(2)12(7-5-11)6-4-9(10)13/h4,6H,3,5,7,11H2,1-2H3. The third-order valence-corrected chi connectivity index (χ3v) is 2.05. The molecular formula is C10H16N2O2. The molecule has 0 saturated heterocycles. The fourth-order valence-electron chi connectivity index (χ4n) is 1.36. The van der Waals surface area contributed by atoms with E-state index in [1.165, 1.54) is 6.07 Å². The van der Waals surface area contributed by atoms with Crippen LogP contribution in [0.3, 0.4) is 0 Å². The molecule has 0 fully saturated rings. The summed E-state index contributed by atoms with van der Waals surface area (Å²) in [5.74, 6) is 0.434. The number of ether oxygens (including phenoxy) is 1. The zero-order chi connectivity index (χ0) is 10.6. The van der Waals surface area contributed by atoms with Gasteiger partial charge in [0.1, 0.15) is 0 Å². The molecule has 0 radical (unpaired) electrons. The maximum Gasteiger partial charge on any atom is 0.223 e. The summed E-state index contributed by atoms with van der Waals surface area (Å²) in [7, 11) is 0. The lowest BCUT2D eigenvalue weighted by molar-refractivity contribution is 0.330. The highest BCUT2D eigenvalue weighted by Crippen LogP contribution is 2.10. The van der Waals surface area contributed by atoms with E-state index in [9.17, 15) is 4.79 Å². The molecule has 1 aromatic heterocycles. The van der Waals surface area contributed by atoms with Crippen LogP contribution >= 0.6 is 0 Å². The van der Waals surface area contributed by atoms with E-state index in [-0.39, 0.29) is 5.43 Å². The summed E-state index contributed by atoms with van der Waals surface area (Å²) < 4.78 is 7.20. The lowest BCUT2D eigenvalue weighted by Gasteiger charge is -2.12. The molecule has 1 aromatic rings. The van der Waals surface area contributed by atoms with Gasteiger partial charge in [0, 0.05) is 25.4 Å². The summed E-state index contributed by atoms with van der Waals surface area (Å²) in [5, 5.41) is 0. The lowest BCUT2D eigenvalue weighted by Crippen LogP contribution is -2.18. The summed E-state index contributed by atoms with van der Waals surface area (Å²) in [6.45, 7) is 5.48. The van der Waals surface area contributed by atoms with Crippen LogP contribution in [0.5, 0.6) is 5.75 Å². The second kappa shape index (κ2) is 4.81. The average molecular weight is 196 g/mol. The third kappa shape index (κ3) is 2.14. The molecule has 0 bridgehead atoms. The molecule has 4 heteroatoms. The minimum Gasteiger partial charge on any atom is -0.488 e. The van der Waals surface area contributed by atoms with Crippen molar-refractivity contribution in [2.24, 2.45) is 5.73 Å². The number of pyridine rings is 1. The lowest BCUT2D eigenvalue weighted by atomic mass is 10.3. The summed E-state index contributed by atoms with van der Waals surface area (Å²) in [6.07, 6.45) is 1.74. The summed E-state index contributed by atoms with van der Waals surface area (Å²) >= 11 is 0. The Bertz CT molecular complexity index is 358. The number of nitrogens with zero attached hydrogens (tertiary/aromatic N) is 1. The van der Waals surface area contributed by atoms with Gasteiger partial charge in [-0.2, -0.15) is 0 Å². The normalized spacial score (nSPS) is 10.2. The minimum atomic E-state index is -0.0716. The summed E-state index contributed by atoms with van der Waals surface area (Å²) in [4.78, 5) is 11.4. The molecule has 0 saturated carbocycles. The molecule has 1 heterocycles. The van der Waals surface area contributed by atoms with Gasteiger partial charge in [0.05, 0.1) is 12.3 Å². The van der Waals surface area contributed by atoms with E-state index in [2.05, 4.69) is 0 Å². The Kier molecular flexibility index (Phi) is 3.71. The Labute approximate surface area is 83.3 Å². The fraction of sp³-hybridized carbons (Fsp3) is 0.500. The second-order valence-corrected chi connectivity index (χ2v) is 3.01. The van der Waals surface area contributed by atoms with Gasteiger partial charge in [-0.3, -0.25) is 4.79 Å². The number of rotatable bonds is 4. The van der Waals surface area contributed by atoms with E-state index in [4.69, 9.17) is 10.5 Å². The van der Waals surface area contributed by atoms with Crippen molar-refractivity contribution in [3.63, 3.8) is 0 Å². The highest BCUT2D eigenvalue weighted by molar-refractivity contribution is 5.27. The predicted molar refractivity (Wildman–Crippen MR) is 55.7 cm³/mol. The van der Waals surface area contributed by atoms with Crippen LogP contribution in [0.25, 0.3) is 0 Å². The first-order valence-electron chi connectivity index (χ1n) is 4.73. The van der Waals surface area contributed by atoms with E-state index in [1.54, 1.807) is 6.20 Å². The number of hydrogen-bond acceptors (Lipinski definition) is 3. The first kappa shape index (κ1) is 10.8. The van der Waals surface area contributed by atoms with Gasteiger partial charge >= 0.3 is 0 Å². The van der Waals surface area contributed by atoms with Gasteiger partial charge in [-0.1, -0.05) is 0 Å². The Morgan fingerprint density at radius 2 is 2.29 bits per heavy atom. The predicted octanol–water partition coefficient (Wildman–Crippen LogP) is 0.514. The summed E-state index contributed by atoms with van der Waals surface area (Å²) in [6, 6.07) is 1.51. The van der Waals surface area contributed by atoms with Gasteiger partial charge in [0.15, 0.2) is 5.75 Å². The number of aromatic nitrogens is 1. The Morgan fingerprint density at radius 3 is 2.86 bits per heavy atom. The molecule has 0 unspecified atom stereocenters. The molecular weight excluding hydrogens is 180 g/mol. The molecule has 0 aliphatic carbocycles. The third-order valence-electron chi connectivity index (χ3n) is 2.05. The van der Waals surface area contributed by atoms with Crippen molar-refractivity contribution in [3.8, 4) is 5.75 Å². The Hall–Kier alpha value is -1.29. The molecule has 0 aromatic carbocycles. The van der Waals surface area contributed by atoms with Gasteiger partial charge in [-0.25, -0.2) is 0 Å². The molecule has 4 nitrogen and oxygen atoms in total. The molecule has 0 atom stereocenters. The highest BCUT2D eigenvalue weighted by atomic mass is 16.5. The van der Waals surface area contributed by atoms with Gasteiger partial charge < -0.3 is 15.0 Å². The SMILES string of the molecule is CCOc1c(C)n(CCN)ccc1=O. The van der Waals surface area contributed by atoms with Crippen molar-refractivity contribution in [1.29, 1.82) is 0 Å². The van der Waals surface area contributed by atoms with Crippen molar-refractivity contribution in [2.45, 2.75) is 20.4 Å². The molecule has 0 spiro atoms. The minimum absolute atomic E-state index is 0.0716. The maximum atomic E-state index is 11.4. The second-order valence-electron chi connectivity index (χ2n) is 3.01. The number of hydrogen-bond donors (Lipinski definition) is 1. The van der Waals surface area contributed by atoms with Crippen molar-refractivity contribution >= 4 is 0 Å². The highest BCUT2D eigenvalue weighted by Gasteiger charge is 2.06. The molecule has 0 amide bonds. The van der Waals surface area contributed by atoms with Gasteiger partial charge in [-0.15, -0.1) is 0 Å². The van der Waals surface area contributed by atoms with E-state index in [0.29, 0.717) is 25.4 Å². The van der Waals surface area contributed by atoms with Crippen LogP contribution in [-0.2, 0) is 6.54 Å². The fourth-order valence-corrected chi connectivity index (χ4v) is 1.36. The maximum absolute atomic E-state index is 11.4. The van der Waals surface area contributed by atoms with Crippen LogP contribution in [0.1, 0.15) is 12.6 Å². The molecule has 14 heavy (non-hydrogen) atoms. The quantitative estimate of drug-likeness (QED) is 0.763. The Balaban J connectivity index is 3.12. The molecule has 1 rings (SSSR count). The van der Waals surface area contributed by atoms with Crippen molar-refractivity contribution in [2.75, 3.05) is 13.2 Å². The van der Waals surface area contributed by atoms with E-state index in [0.717, 1.165) is 5.69 Å². The zero-order valence-electron chi connectivity index (χ0n) is 8.62. The first-order valence-corrected chi connectivity index (χ1v) is 4.73. The topological polar surface area (TPSA) is 57.2 Å². The van der Waals surface area contributed by atoms with Crippen LogP contribution in [0, 0.1) is 6.92 Å². The number of nitrogens with two attached hydrogens (primary N) is 1. The largest absolute Gasteiger partial charge is 0.488 e. The van der Waals surface area contributed by atoms with E-state index in [1.807, 2.05) is 18.4 Å². The van der Waals surface area contributed by atoms with Crippen molar-refractivity contribution in [1.82, 2.24) is 4.57 Å². The first-order chi connectivity index (χ1) is 6.70. The molecule has 0 aliphatic rings. The average Bonchev–Trinajstić information content (AvgIpc) is 2.17. The van der Waals surface area contributed by atoms with Gasteiger partial charge in [-0.05, 0) is 13.8 Å². The monoisotopic (exact) mass is 196 g/mol. The van der Waals surface area contributed by atoms with Gasteiger partial charge in [0.2, 0.25) is 5.43 Å². The van der Waals surface area contributed by atoms with Gasteiger partial charge in [0.25, 0.3) is 0 Å². The van der Waals surface area contributed by atoms with Crippen LogP contribution in [-0.4, -0.2) is 17.7 Å². The molecule has 0 aliphatic heterocycles. The van der Waals surface area contributed by atoms with Crippen molar-refractivity contribution in [3.05, 3.63) is 28.2 Å². The summed E-state index contributed by atoms with van der Waals surface area (Å²) in [5.41, 5.74) is 6.22. The van der Waals surface area contributed by atoms with Crippen LogP contribution < -0.4 is 15.9 Å². The van der Waals surface area contributed by atoms with Crippen LogP contribution in [0.2, 0.25) is 0 Å². The molecule has 78 valence electrons. The van der Waals surface area contributed by atoms with E-state index < -0.39 is 0 Å². The molecule has 2 N–H and O–H groups in total. The van der Waals surface area contributed by atoms with Crippen LogP contribution in [0.15, 0.2) is 17.1 Å². The van der Waals surface area contributed by atoms with Crippen LogP contribution in [0.4, 0.5) is 0 Å². The Morgan fingerprint density at radius 1 is 1.57 bits per heavy atom. The van der Waals surface area contributed by atoms with E-state index >= 15 is 0 Å². The van der Waals surface area contributed by atoms with Crippen molar-refractivity contribution < 1.29 is 4.74 Å².